The van der Waals surface area contributed by atoms with Gasteiger partial charge in [0, 0.05) is 31.1 Å². The standard InChI is InChI=1S/C30H36N4O4S/c1-20(2)17-27(33-29(35)26-18-22-9-4-6-12-25(22)21(26)3)30(36)32-24-11-8-15-34(16-14-24)39(37,38)28-13-7-5-10-23(28)19-31/h4-7,9-10,12-13,20,24,27H,8,11,14-18H2,1-3H3,(H,32,36)(H,33,35)/t24-,27+/m1/s1. The van der Waals surface area contributed by atoms with Gasteiger partial charge in [-0.1, -0.05) is 50.2 Å². The number of nitrogens with zero attached hydrogens (tertiary/aromatic N) is 2. The Balaban J connectivity index is 1.41. The van der Waals surface area contributed by atoms with E-state index < -0.39 is 16.1 Å². The van der Waals surface area contributed by atoms with Crippen LogP contribution in [0.3, 0.4) is 0 Å². The molecule has 1 saturated heterocycles. The Morgan fingerprint density at radius 1 is 1.08 bits per heavy atom. The molecule has 2 aromatic carbocycles. The zero-order valence-electron chi connectivity index (χ0n) is 22.7. The average molecular weight is 549 g/mol. The van der Waals surface area contributed by atoms with Crippen LogP contribution < -0.4 is 10.6 Å². The highest BCUT2D eigenvalue weighted by Crippen LogP contribution is 2.32. The maximum absolute atomic E-state index is 13.4. The van der Waals surface area contributed by atoms with Crippen LogP contribution in [0.4, 0.5) is 0 Å². The van der Waals surface area contributed by atoms with Crippen LogP contribution in [-0.4, -0.2) is 49.7 Å². The number of nitriles is 1. The fraction of sp³-hybridized carbons (Fsp3) is 0.433. The number of benzene rings is 2. The molecule has 1 aliphatic heterocycles. The van der Waals surface area contributed by atoms with Gasteiger partial charge >= 0.3 is 0 Å². The van der Waals surface area contributed by atoms with E-state index in [4.69, 9.17) is 0 Å². The molecule has 0 unspecified atom stereocenters. The van der Waals surface area contributed by atoms with Crippen LogP contribution in [0.5, 0.6) is 0 Å². The molecule has 2 aliphatic rings. The highest BCUT2D eigenvalue weighted by molar-refractivity contribution is 7.89. The molecule has 0 aromatic heterocycles. The van der Waals surface area contributed by atoms with E-state index in [1.807, 2.05) is 51.1 Å². The van der Waals surface area contributed by atoms with Gasteiger partial charge in [0.2, 0.25) is 21.8 Å². The highest BCUT2D eigenvalue weighted by atomic mass is 32.2. The first kappa shape index (κ1) is 28.5. The molecule has 2 aromatic rings. The van der Waals surface area contributed by atoms with E-state index in [0.717, 1.165) is 16.7 Å². The van der Waals surface area contributed by atoms with E-state index in [1.54, 1.807) is 12.1 Å². The van der Waals surface area contributed by atoms with Crippen molar-refractivity contribution < 1.29 is 18.0 Å². The zero-order valence-corrected chi connectivity index (χ0v) is 23.6. The van der Waals surface area contributed by atoms with Crippen molar-refractivity contribution in [3.63, 3.8) is 0 Å². The fourth-order valence-electron chi connectivity index (χ4n) is 5.40. The normalized spacial score (nSPS) is 18.7. The lowest BCUT2D eigenvalue weighted by Gasteiger charge is -2.24. The van der Waals surface area contributed by atoms with Crippen molar-refractivity contribution in [1.29, 1.82) is 5.26 Å². The maximum Gasteiger partial charge on any atom is 0.248 e. The fourth-order valence-corrected chi connectivity index (χ4v) is 7.04. The summed E-state index contributed by atoms with van der Waals surface area (Å²) in [5.74, 6) is -0.285. The highest BCUT2D eigenvalue weighted by Gasteiger charge is 2.32. The molecule has 0 radical (unpaired) electrons. The second-order valence-corrected chi connectivity index (χ2v) is 12.6. The molecule has 4 rings (SSSR count). The minimum absolute atomic E-state index is 0.00774. The number of allylic oxidation sites excluding steroid dienone is 1. The maximum atomic E-state index is 13.4. The van der Waals surface area contributed by atoms with Crippen LogP contribution in [0.15, 0.2) is 59.0 Å². The van der Waals surface area contributed by atoms with E-state index in [0.29, 0.717) is 44.2 Å². The molecule has 8 nitrogen and oxygen atoms in total. The van der Waals surface area contributed by atoms with Gasteiger partial charge in [-0.2, -0.15) is 9.57 Å². The van der Waals surface area contributed by atoms with Crippen molar-refractivity contribution in [2.75, 3.05) is 13.1 Å². The molecule has 2 N–H and O–H groups in total. The summed E-state index contributed by atoms with van der Waals surface area (Å²) in [6, 6.07) is 15.2. The topological polar surface area (TPSA) is 119 Å². The Bertz CT molecular complexity index is 1420. The Hall–Kier alpha value is -3.48. The van der Waals surface area contributed by atoms with Gasteiger partial charge in [0.25, 0.3) is 0 Å². The summed E-state index contributed by atoms with van der Waals surface area (Å²) in [5.41, 5.74) is 3.93. The van der Waals surface area contributed by atoms with Crippen molar-refractivity contribution >= 4 is 27.4 Å². The monoisotopic (exact) mass is 548 g/mol. The lowest BCUT2D eigenvalue weighted by Crippen LogP contribution is -2.50. The van der Waals surface area contributed by atoms with Gasteiger partial charge in [-0.05, 0) is 67.4 Å². The number of fused-ring (bicyclic) bond motifs is 1. The summed E-state index contributed by atoms with van der Waals surface area (Å²) in [7, 11) is -3.83. The molecule has 1 aliphatic carbocycles. The van der Waals surface area contributed by atoms with Crippen molar-refractivity contribution in [3.05, 3.63) is 70.8 Å². The third-order valence-corrected chi connectivity index (χ3v) is 9.46. The summed E-state index contributed by atoms with van der Waals surface area (Å²) in [5, 5.41) is 15.4. The number of hydrogen-bond donors (Lipinski definition) is 2. The predicted molar refractivity (Wildman–Crippen MR) is 150 cm³/mol. The summed E-state index contributed by atoms with van der Waals surface area (Å²) >= 11 is 0. The lowest BCUT2D eigenvalue weighted by molar-refractivity contribution is -0.128. The largest absolute Gasteiger partial charge is 0.352 e. The number of carbonyl (C=O) groups excluding carboxylic acids is 2. The first-order valence-corrected chi connectivity index (χ1v) is 14.9. The van der Waals surface area contributed by atoms with Crippen LogP contribution in [0, 0.1) is 17.2 Å². The van der Waals surface area contributed by atoms with Crippen LogP contribution >= 0.6 is 0 Å². The van der Waals surface area contributed by atoms with E-state index in [-0.39, 0.29) is 40.8 Å². The van der Waals surface area contributed by atoms with Crippen LogP contribution in [0.1, 0.15) is 63.1 Å². The summed E-state index contributed by atoms with van der Waals surface area (Å²) < 4.78 is 27.9. The van der Waals surface area contributed by atoms with Gasteiger partial charge in [0.1, 0.15) is 12.1 Å². The summed E-state index contributed by atoms with van der Waals surface area (Å²) in [6.07, 6.45) is 2.69. The molecular formula is C30H36N4O4S. The van der Waals surface area contributed by atoms with Gasteiger partial charge < -0.3 is 10.6 Å². The molecule has 1 fully saturated rings. The molecule has 0 spiro atoms. The van der Waals surface area contributed by atoms with Gasteiger partial charge in [0.05, 0.1) is 10.5 Å². The van der Waals surface area contributed by atoms with Gasteiger partial charge in [-0.3, -0.25) is 9.59 Å². The number of sulfonamides is 1. The second kappa shape index (κ2) is 12.1. The van der Waals surface area contributed by atoms with Crippen molar-refractivity contribution in [3.8, 4) is 6.07 Å². The minimum atomic E-state index is -3.83. The van der Waals surface area contributed by atoms with Gasteiger partial charge in [-0.15, -0.1) is 0 Å². The predicted octanol–water partition coefficient (Wildman–Crippen LogP) is 3.78. The first-order chi connectivity index (χ1) is 18.6. The molecule has 2 amide bonds. The summed E-state index contributed by atoms with van der Waals surface area (Å²) in [6.45, 7) is 6.51. The SMILES string of the molecule is CC1=C(C(=O)N[C@@H](CC(C)C)C(=O)N[C@@H]2CCCN(S(=O)(=O)c3ccccc3C#N)CC2)Cc2ccccc21. The number of carbonyl (C=O) groups is 2. The number of nitrogens with one attached hydrogen (secondary N) is 2. The molecule has 39 heavy (non-hydrogen) atoms. The number of amides is 2. The smallest absolute Gasteiger partial charge is 0.248 e. The minimum Gasteiger partial charge on any atom is -0.352 e. The average Bonchev–Trinajstić information content (AvgIpc) is 3.07. The molecule has 0 bridgehead atoms. The van der Waals surface area contributed by atoms with Crippen molar-refractivity contribution in [2.24, 2.45) is 5.92 Å². The Kier molecular flexibility index (Phi) is 8.88. The van der Waals surface area contributed by atoms with Crippen LogP contribution in [-0.2, 0) is 26.0 Å². The van der Waals surface area contributed by atoms with Crippen molar-refractivity contribution in [2.45, 2.75) is 69.9 Å². The van der Waals surface area contributed by atoms with Crippen molar-refractivity contribution in [1.82, 2.24) is 14.9 Å². The van der Waals surface area contributed by atoms with Gasteiger partial charge in [-0.25, -0.2) is 8.42 Å². The second-order valence-electron chi connectivity index (χ2n) is 10.7. The van der Waals surface area contributed by atoms with Crippen LogP contribution in [0.2, 0.25) is 0 Å². The Morgan fingerprint density at radius 2 is 1.79 bits per heavy atom. The molecule has 206 valence electrons. The quantitative estimate of drug-likeness (QED) is 0.520. The van der Waals surface area contributed by atoms with Gasteiger partial charge in [0.15, 0.2) is 0 Å². The van der Waals surface area contributed by atoms with E-state index in [1.165, 1.54) is 16.4 Å². The van der Waals surface area contributed by atoms with E-state index in [9.17, 15) is 23.3 Å². The first-order valence-electron chi connectivity index (χ1n) is 13.5. The molecule has 0 saturated carbocycles. The van der Waals surface area contributed by atoms with Crippen LogP contribution in [0.25, 0.3) is 5.57 Å². The third kappa shape index (κ3) is 6.40. The summed E-state index contributed by atoms with van der Waals surface area (Å²) in [4.78, 5) is 26.7. The molecule has 1 heterocycles. The third-order valence-electron chi connectivity index (χ3n) is 7.50. The zero-order chi connectivity index (χ0) is 28.2. The molecule has 9 heteroatoms. The number of hydrogen-bond acceptors (Lipinski definition) is 5. The lowest BCUT2D eigenvalue weighted by atomic mass is 10.0. The molecule has 2 atom stereocenters. The number of rotatable bonds is 8. The Morgan fingerprint density at radius 3 is 2.51 bits per heavy atom. The molecular weight excluding hydrogens is 512 g/mol. The van der Waals surface area contributed by atoms with E-state index in [2.05, 4.69) is 10.6 Å². The van der Waals surface area contributed by atoms with E-state index >= 15 is 0 Å². The Labute approximate surface area is 231 Å².